The zero-order valence-electron chi connectivity index (χ0n) is 3.40. The largest absolute Gasteiger partial charge is 0.404 e. The summed E-state index contributed by atoms with van der Waals surface area (Å²) in [5, 5.41) is 0. The van der Waals surface area contributed by atoms with E-state index in [1.54, 1.807) is 0 Å². The molecule has 2 N–H and O–H groups in total. The zero-order chi connectivity index (χ0) is 5.91. The summed E-state index contributed by atoms with van der Waals surface area (Å²) in [6.07, 6.45) is -0.701. The molecule has 0 saturated carbocycles. The van der Waals surface area contributed by atoms with E-state index in [0.29, 0.717) is 0 Å². The van der Waals surface area contributed by atoms with Crippen LogP contribution in [0, 0.1) is 6.57 Å². The maximum Gasteiger partial charge on any atom is 0.404 e. The molecule has 0 aromatic carbocycles. The molecule has 5 heteroatoms. The van der Waals surface area contributed by atoms with Gasteiger partial charge in [-0.2, -0.15) is 0 Å². The molecule has 0 fully saturated rings. The molecule has 7 heavy (non-hydrogen) atoms. The van der Waals surface area contributed by atoms with Crippen molar-refractivity contribution in [3.05, 3.63) is 11.4 Å². The molecule has 0 aromatic heterocycles. The summed E-state index contributed by atoms with van der Waals surface area (Å²) in [5.41, 5.74) is 0. The van der Waals surface area contributed by atoms with E-state index in [-0.39, 0.29) is 0 Å². The van der Waals surface area contributed by atoms with Gasteiger partial charge in [-0.05, 0) is 0 Å². The molecule has 0 bridgehead atoms. The molecular weight excluding hydrogens is 117 g/mol. The van der Waals surface area contributed by atoms with E-state index in [2.05, 4.69) is 4.85 Å². The Morgan fingerprint density at radius 1 is 1.71 bits per heavy atom. The molecule has 0 radical (unpaired) electrons. The number of nitrogens with zero attached hydrogens (tertiary/aromatic N) is 1. The summed E-state index contributed by atoms with van der Waals surface area (Å²) in [5.74, 6) is 0. The smallest absolute Gasteiger partial charge is 0.319 e. The highest BCUT2D eigenvalue weighted by Gasteiger charge is 2.14. The van der Waals surface area contributed by atoms with E-state index in [4.69, 9.17) is 16.4 Å². The van der Waals surface area contributed by atoms with Crippen LogP contribution in [0.25, 0.3) is 4.85 Å². The van der Waals surface area contributed by atoms with E-state index < -0.39 is 13.9 Å². The van der Waals surface area contributed by atoms with Gasteiger partial charge in [0.1, 0.15) is 0 Å². The molecule has 0 aliphatic heterocycles. The van der Waals surface area contributed by atoms with Crippen molar-refractivity contribution in [3.8, 4) is 0 Å². The van der Waals surface area contributed by atoms with Crippen molar-refractivity contribution in [2.24, 2.45) is 0 Å². The standard InChI is InChI=1S/C2H4NO3P/c1-3-2-7(4,5)6/h2H2,(H2,4,5,6). The molecule has 40 valence electrons. The topological polar surface area (TPSA) is 61.9 Å². The monoisotopic (exact) mass is 121 g/mol. The Morgan fingerprint density at radius 3 is 2.14 bits per heavy atom. The maximum atomic E-state index is 9.71. The summed E-state index contributed by atoms with van der Waals surface area (Å²) in [6.45, 7) is 5.99. The Kier molecular flexibility index (Phi) is 1.97. The summed E-state index contributed by atoms with van der Waals surface area (Å²) in [7, 11) is -4.02. The maximum absolute atomic E-state index is 9.71. The van der Waals surface area contributed by atoms with E-state index in [0.717, 1.165) is 0 Å². The highest BCUT2D eigenvalue weighted by molar-refractivity contribution is 7.51. The van der Waals surface area contributed by atoms with E-state index in [9.17, 15) is 4.57 Å². The third-order valence-corrected chi connectivity index (χ3v) is 0.765. The molecule has 0 saturated heterocycles. The Hall–Kier alpha value is -0.360. The minimum Gasteiger partial charge on any atom is -0.319 e. The van der Waals surface area contributed by atoms with Crippen LogP contribution < -0.4 is 0 Å². The summed E-state index contributed by atoms with van der Waals surface area (Å²) < 4.78 is 9.71. The first-order chi connectivity index (χ1) is 3.06. The second-order valence-corrected chi connectivity index (χ2v) is 2.58. The van der Waals surface area contributed by atoms with E-state index in [1.807, 2.05) is 0 Å². The van der Waals surface area contributed by atoms with Crippen LogP contribution in [0.4, 0.5) is 0 Å². The zero-order valence-corrected chi connectivity index (χ0v) is 4.30. The summed E-state index contributed by atoms with van der Waals surface area (Å²) in [6, 6.07) is 0. The van der Waals surface area contributed by atoms with Gasteiger partial charge in [0.05, 0.1) is 0 Å². The number of rotatable bonds is 1. The van der Waals surface area contributed by atoms with Gasteiger partial charge in [0, 0.05) is 0 Å². The van der Waals surface area contributed by atoms with Crippen LogP contribution in [0.5, 0.6) is 0 Å². The van der Waals surface area contributed by atoms with Crippen molar-refractivity contribution in [3.63, 3.8) is 0 Å². The van der Waals surface area contributed by atoms with Gasteiger partial charge in [-0.3, -0.25) is 4.57 Å². The van der Waals surface area contributed by atoms with Gasteiger partial charge < -0.3 is 14.6 Å². The fraction of sp³-hybridized carbons (Fsp3) is 0.500. The quantitative estimate of drug-likeness (QED) is 0.380. The van der Waals surface area contributed by atoms with E-state index >= 15 is 0 Å². The van der Waals surface area contributed by atoms with Crippen molar-refractivity contribution in [1.29, 1.82) is 0 Å². The Morgan fingerprint density at radius 2 is 2.14 bits per heavy atom. The first-order valence-corrected chi connectivity index (χ1v) is 3.24. The highest BCUT2D eigenvalue weighted by Crippen LogP contribution is 2.33. The third kappa shape index (κ3) is 5.64. The third-order valence-electron chi connectivity index (χ3n) is 0.255. The van der Waals surface area contributed by atoms with Gasteiger partial charge in [-0.1, -0.05) is 0 Å². The molecule has 0 aliphatic rings. The molecule has 0 amide bonds. The van der Waals surface area contributed by atoms with Gasteiger partial charge in [0.2, 0.25) is 0 Å². The van der Waals surface area contributed by atoms with Crippen molar-refractivity contribution >= 4 is 7.60 Å². The average Bonchev–Trinajstić information content (AvgIpc) is 1.30. The molecule has 0 heterocycles. The SMILES string of the molecule is [C-]#[N+]CP(=O)(O)O. The van der Waals surface area contributed by atoms with Crippen LogP contribution in [-0.2, 0) is 4.57 Å². The Balaban J connectivity index is 3.65. The van der Waals surface area contributed by atoms with Crippen LogP contribution in [0.2, 0.25) is 0 Å². The predicted octanol–water partition coefficient (Wildman–Crippen LogP) is 0.0409. The Bertz CT molecular complexity index is 130. The second kappa shape index (κ2) is 2.08. The lowest BCUT2D eigenvalue weighted by atomic mass is 11.4. The van der Waals surface area contributed by atoms with Crippen molar-refractivity contribution in [1.82, 2.24) is 0 Å². The molecular formula is C2H4NO3P. The van der Waals surface area contributed by atoms with Crippen molar-refractivity contribution in [2.75, 3.05) is 6.29 Å². The lowest BCUT2D eigenvalue weighted by Crippen LogP contribution is -1.77. The van der Waals surface area contributed by atoms with Crippen molar-refractivity contribution < 1.29 is 14.4 Å². The summed E-state index contributed by atoms with van der Waals surface area (Å²) in [4.78, 5) is 18.3. The van der Waals surface area contributed by atoms with E-state index in [1.165, 1.54) is 0 Å². The van der Waals surface area contributed by atoms with Gasteiger partial charge in [0.25, 0.3) is 0 Å². The van der Waals surface area contributed by atoms with Gasteiger partial charge in [-0.15, -0.1) is 0 Å². The minimum atomic E-state index is -4.02. The van der Waals surface area contributed by atoms with Crippen molar-refractivity contribution in [2.45, 2.75) is 0 Å². The van der Waals surface area contributed by atoms with Crippen LogP contribution in [-0.4, -0.2) is 16.1 Å². The van der Waals surface area contributed by atoms with Crippen LogP contribution in [0.3, 0.4) is 0 Å². The molecule has 0 aromatic rings. The average molecular weight is 121 g/mol. The second-order valence-electron chi connectivity index (χ2n) is 0.964. The predicted molar refractivity (Wildman–Crippen MR) is 23.5 cm³/mol. The summed E-state index contributed by atoms with van der Waals surface area (Å²) >= 11 is 0. The van der Waals surface area contributed by atoms with Gasteiger partial charge in [0.15, 0.2) is 0 Å². The number of hydrogen-bond donors (Lipinski definition) is 2. The first kappa shape index (κ1) is 6.64. The molecule has 0 spiro atoms. The normalized spacial score (nSPS) is 10.4. The molecule has 4 nitrogen and oxygen atoms in total. The van der Waals surface area contributed by atoms with Crippen LogP contribution >= 0.6 is 7.60 Å². The first-order valence-electron chi connectivity index (χ1n) is 1.44. The van der Waals surface area contributed by atoms with Crippen LogP contribution in [0.15, 0.2) is 0 Å². The fourth-order valence-corrected chi connectivity index (χ4v) is 0.276. The van der Waals surface area contributed by atoms with Gasteiger partial charge in [-0.25, -0.2) is 6.57 Å². The lowest BCUT2D eigenvalue weighted by molar-refractivity contribution is 0.377. The number of hydrogen-bond acceptors (Lipinski definition) is 1. The minimum absolute atomic E-state index is 0.701. The fourth-order valence-electron chi connectivity index (χ4n) is 0.0921. The molecule has 0 atom stereocenters. The molecule has 0 rings (SSSR count). The van der Waals surface area contributed by atoms with Crippen LogP contribution in [0.1, 0.15) is 0 Å². The highest BCUT2D eigenvalue weighted by atomic mass is 31.2. The van der Waals surface area contributed by atoms with Gasteiger partial charge >= 0.3 is 13.9 Å². The molecule has 0 aliphatic carbocycles. The molecule has 0 unspecified atom stereocenters. The lowest BCUT2D eigenvalue weighted by Gasteiger charge is -1.87. The Labute approximate surface area is 40.8 Å².